The number of carbonyl (C=O) groups excluding carboxylic acids is 3. The molecule has 2 heterocycles. The van der Waals surface area contributed by atoms with Crippen LogP contribution in [0.15, 0.2) is 53.0 Å². The van der Waals surface area contributed by atoms with Gasteiger partial charge >= 0.3 is 0 Å². The fraction of sp³-hybridized carbons (Fsp3) is 0.217. The van der Waals surface area contributed by atoms with E-state index >= 15 is 0 Å². The number of benzene rings is 2. The van der Waals surface area contributed by atoms with Crippen molar-refractivity contribution in [2.24, 2.45) is 10.9 Å². The molecule has 0 atom stereocenters. The van der Waals surface area contributed by atoms with Crippen molar-refractivity contribution in [3.05, 3.63) is 74.8 Å². The minimum absolute atomic E-state index is 0.0203. The van der Waals surface area contributed by atoms with Gasteiger partial charge in [-0.15, -0.1) is 0 Å². The summed E-state index contributed by atoms with van der Waals surface area (Å²) in [4.78, 5) is 42.9. The summed E-state index contributed by atoms with van der Waals surface area (Å²) in [6.07, 6.45) is 2.14. The zero-order valence-electron chi connectivity index (χ0n) is 16.4. The predicted molar refractivity (Wildman–Crippen MR) is 118 cm³/mol. The van der Waals surface area contributed by atoms with Crippen LogP contribution in [0.25, 0.3) is 0 Å². The van der Waals surface area contributed by atoms with Crippen molar-refractivity contribution < 1.29 is 14.4 Å². The highest BCUT2D eigenvalue weighted by Gasteiger charge is 2.36. The van der Waals surface area contributed by atoms with Gasteiger partial charge in [0.25, 0.3) is 11.8 Å². The average molecular weight is 441 g/mol. The van der Waals surface area contributed by atoms with Gasteiger partial charge in [-0.1, -0.05) is 49.2 Å². The Morgan fingerprint density at radius 3 is 2.10 bits per heavy atom. The molecule has 0 spiro atoms. The molecule has 0 fully saturated rings. The van der Waals surface area contributed by atoms with Crippen LogP contribution < -0.4 is 4.90 Å². The van der Waals surface area contributed by atoms with E-state index in [1.807, 2.05) is 13.8 Å². The van der Waals surface area contributed by atoms with Gasteiger partial charge in [0.2, 0.25) is 0 Å². The van der Waals surface area contributed by atoms with E-state index in [0.29, 0.717) is 38.8 Å². The van der Waals surface area contributed by atoms with Crippen molar-refractivity contribution in [1.82, 2.24) is 0 Å². The Kier molecular flexibility index (Phi) is 5.35. The molecule has 7 heteroatoms. The summed E-state index contributed by atoms with van der Waals surface area (Å²) in [6, 6.07) is 9.79. The molecule has 0 unspecified atom stereocenters. The second-order valence-corrected chi connectivity index (χ2v) is 8.36. The summed E-state index contributed by atoms with van der Waals surface area (Å²) in [5.41, 5.74) is 3.11. The molecule has 0 bridgehead atoms. The first kappa shape index (κ1) is 20.5. The number of ketones is 1. The van der Waals surface area contributed by atoms with Gasteiger partial charge in [0.15, 0.2) is 5.78 Å². The Morgan fingerprint density at radius 2 is 1.57 bits per heavy atom. The number of Topliss-reactive ketones (excluding diaryl/α,β-unsaturated/α-hetero) is 1. The lowest BCUT2D eigenvalue weighted by Gasteiger charge is -2.18. The van der Waals surface area contributed by atoms with Gasteiger partial charge in [-0.2, -0.15) is 0 Å². The number of allylic oxidation sites excluding steroid dienone is 1. The largest absolute Gasteiger partial charge is 0.292 e. The van der Waals surface area contributed by atoms with Crippen LogP contribution in [0, 0.1) is 5.92 Å². The Labute approximate surface area is 184 Å². The van der Waals surface area contributed by atoms with E-state index in [1.54, 1.807) is 42.5 Å². The first-order chi connectivity index (χ1) is 14.3. The number of nitrogens with zero attached hydrogens (tertiary/aromatic N) is 2. The molecule has 0 aliphatic carbocycles. The molecule has 4 rings (SSSR count). The quantitative estimate of drug-likeness (QED) is 0.632. The SMILES string of the molecule is CC(C)C1=CC(Cc2c(Cl)cc(N3C(=O)c4ccccc4C3=O)cc2Cl)=NCC1=O. The van der Waals surface area contributed by atoms with Crippen LogP contribution in [0.5, 0.6) is 0 Å². The van der Waals surface area contributed by atoms with Crippen LogP contribution in [-0.2, 0) is 11.2 Å². The number of halogens is 2. The molecule has 0 radical (unpaired) electrons. The molecule has 2 aromatic carbocycles. The highest BCUT2D eigenvalue weighted by Crippen LogP contribution is 2.35. The van der Waals surface area contributed by atoms with Crippen molar-refractivity contribution in [1.29, 1.82) is 0 Å². The van der Waals surface area contributed by atoms with Crippen LogP contribution >= 0.6 is 23.2 Å². The summed E-state index contributed by atoms with van der Waals surface area (Å²) in [5.74, 6) is -0.692. The molecule has 152 valence electrons. The third kappa shape index (κ3) is 3.48. The molecule has 2 amide bonds. The van der Waals surface area contributed by atoms with Gasteiger partial charge in [0.05, 0.1) is 16.8 Å². The zero-order valence-corrected chi connectivity index (χ0v) is 17.9. The lowest BCUT2D eigenvalue weighted by Crippen LogP contribution is -2.29. The van der Waals surface area contributed by atoms with E-state index in [9.17, 15) is 14.4 Å². The number of hydrogen-bond donors (Lipinski definition) is 0. The van der Waals surface area contributed by atoms with Gasteiger partial charge in [0.1, 0.15) is 6.54 Å². The number of hydrogen-bond acceptors (Lipinski definition) is 4. The van der Waals surface area contributed by atoms with Crippen molar-refractivity contribution in [2.75, 3.05) is 11.4 Å². The molecule has 0 N–H and O–H groups in total. The highest BCUT2D eigenvalue weighted by molar-refractivity contribution is 6.39. The van der Waals surface area contributed by atoms with E-state index in [1.165, 1.54) is 0 Å². The normalized spacial score (nSPS) is 16.2. The number of carbonyl (C=O) groups is 3. The van der Waals surface area contributed by atoms with Crippen LogP contribution in [0.2, 0.25) is 10.0 Å². The summed E-state index contributed by atoms with van der Waals surface area (Å²) in [5, 5.41) is 0.654. The summed E-state index contributed by atoms with van der Waals surface area (Å²) in [7, 11) is 0. The molecule has 0 aromatic heterocycles. The van der Waals surface area contributed by atoms with Crippen LogP contribution in [0.4, 0.5) is 5.69 Å². The van der Waals surface area contributed by atoms with E-state index in [-0.39, 0.29) is 18.2 Å². The smallest absolute Gasteiger partial charge is 0.266 e. The summed E-state index contributed by atoms with van der Waals surface area (Å²) < 4.78 is 0. The number of aliphatic imine (C=N–C) groups is 1. The average Bonchev–Trinajstić information content (AvgIpc) is 2.96. The second kappa shape index (κ2) is 7.82. The number of fused-ring (bicyclic) bond motifs is 1. The molecule has 0 saturated carbocycles. The van der Waals surface area contributed by atoms with E-state index in [0.717, 1.165) is 16.2 Å². The molecule has 2 aliphatic rings. The predicted octanol–water partition coefficient (Wildman–Crippen LogP) is 4.94. The first-order valence-electron chi connectivity index (χ1n) is 9.51. The van der Waals surface area contributed by atoms with Crippen LogP contribution in [-0.4, -0.2) is 29.9 Å². The fourth-order valence-electron chi connectivity index (χ4n) is 3.66. The van der Waals surface area contributed by atoms with Crippen LogP contribution in [0.1, 0.15) is 40.1 Å². The zero-order chi connectivity index (χ0) is 21.6. The molecule has 0 saturated heterocycles. The third-order valence-electron chi connectivity index (χ3n) is 5.23. The minimum atomic E-state index is -0.407. The van der Waals surface area contributed by atoms with Crippen molar-refractivity contribution in [3.8, 4) is 0 Å². The van der Waals surface area contributed by atoms with Gasteiger partial charge < -0.3 is 0 Å². The van der Waals surface area contributed by atoms with E-state index in [4.69, 9.17) is 23.2 Å². The molecular formula is C23H18Cl2N2O3. The van der Waals surface area contributed by atoms with Crippen molar-refractivity contribution in [3.63, 3.8) is 0 Å². The standard InChI is InChI=1S/C23H18Cl2N2O3/c1-12(2)17-7-13(26-11-21(17)28)8-18-19(24)9-14(10-20(18)25)27-22(29)15-5-3-4-6-16(15)23(27)30/h3-7,9-10,12H,8,11H2,1-2H3. The van der Waals surface area contributed by atoms with Crippen LogP contribution in [0.3, 0.4) is 0 Å². The lowest BCUT2D eigenvalue weighted by molar-refractivity contribution is -0.114. The number of rotatable bonds is 4. The second-order valence-electron chi connectivity index (χ2n) is 7.54. The van der Waals surface area contributed by atoms with Crippen molar-refractivity contribution in [2.45, 2.75) is 20.3 Å². The number of amides is 2. The summed E-state index contributed by atoms with van der Waals surface area (Å²) in [6.45, 7) is 4.04. The lowest BCUT2D eigenvalue weighted by atomic mass is 9.93. The Bertz CT molecular complexity index is 1110. The fourth-order valence-corrected chi connectivity index (χ4v) is 4.27. The molecular weight excluding hydrogens is 423 g/mol. The monoisotopic (exact) mass is 440 g/mol. The molecule has 2 aliphatic heterocycles. The topological polar surface area (TPSA) is 66.8 Å². The van der Waals surface area contributed by atoms with Gasteiger partial charge in [0, 0.05) is 27.8 Å². The Hall–Kier alpha value is -2.76. The van der Waals surface area contributed by atoms with Gasteiger partial charge in [-0.05, 0) is 41.8 Å². The van der Waals surface area contributed by atoms with E-state index in [2.05, 4.69) is 4.99 Å². The Balaban J connectivity index is 1.65. The highest BCUT2D eigenvalue weighted by atomic mass is 35.5. The van der Waals surface area contributed by atoms with E-state index < -0.39 is 11.8 Å². The Morgan fingerprint density at radius 1 is 1.00 bits per heavy atom. The maximum Gasteiger partial charge on any atom is 0.266 e. The maximum absolute atomic E-state index is 12.7. The number of imide groups is 1. The molecule has 2 aromatic rings. The number of anilines is 1. The van der Waals surface area contributed by atoms with Gasteiger partial charge in [-0.3, -0.25) is 19.4 Å². The third-order valence-corrected chi connectivity index (χ3v) is 5.90. The maximum atomic E-state index is 12.7. The minimum Gasteiger partial charge on any atom is -0.292 e. The number of dihydropyridines is 1. The summed E-state index contributed by atoms with van der Waals surface area (Å²) >= 11 is 13.0. The molecule has 30 heavy (non-hydrogen) atoms. The van der Waals surface area contributed by atoms with Crippen molar-refractivity contribution >= 4 is 52.2 Å². The molecule has 5 nitrogen and oxygen atoms in total. The first-order valence-corrected chi connectivity index (χ1v) is 10.3. The van der Waals surface area contributed by atoms with Gasteiger partial charge in [-0.25, -0.2) is 4.90 Å².